The lowest BCUT2D eigenvalue weighted by Gasteiger charge is -2.30. The highest BCUT2D eigenvalue weighted by Gasteiger charge is 2.27. The number of carbonyl (C=O) groups excluding carboxylic acids is 3. The first-order valence-electron chi connectivity index (χ1n) is 5.16. The molecule has 90 valence electrons. The Balaban J connectivity index is 2.05. The number of nitrogens with zero attached hydrogens (tertiary/aromatic N) is 2. The number of piperazine rings is 1. The van der Waals surface area contributed by atoms with Crippen LogP contribution in [0.15, 0.2) is 16.5 Å². The molecule has 0 unspecified atom stereocenters. The highest BCUT2D eigenvalue weighted by molar-refractivity contribution is 5.92. The Labute approximate surface area is 97.8 Å². The van der Waals surface area contributed by atoms with Gasteiger partial charge in [0.15, 0.2) is 12.0 Å². The number of amides is 2. The molecule has 2 rings (SSSR count). The summed E-state index contributed by atoms with van der Waals surface area (Å²) < 4.78 is 5.16. The Hall–Kier alpha value is -2.11. The SMILES string of the molecule is CN1CC(=O)N(Cc2ccc(C=O)o2)CC1=O. The van der Waals surface area contributed by atoms with Gasteiger partial charge in [-0.2, -0.15) is 0 Å². The van der Waals surface area contributed by atoms with Gasteiger partial charge in [-0.15, -0.1) is 0 Å². The van der Waals surface area contributed by atoms with Gasteiger partial charge in [-0.3, -0.25) is 14.4 Å². The van der Waals surface area contributed by atoms with Crippen LogP contribution in [0.25, 0.3) is 0 Å². The molecule has 2 heterocycles. The zero-order chi connectivity index (χ0) is 12.4. The molecule has 2 amide bonds. The Morgan fingerprint density at radius 1 is 1.29 bits per heavy atom. The standard InChI is InChI=1S/C11H12N2O4/c1-12-5-11(16)13(6-10(12)15)4-8-2-3-9(7-14)17-8/h2-3,7H,4-6H2,1H3. The van der Waals surface area contributed by atoms with E-state index in [4.69, 9.17) is 4.42 Å². The number of hydrogen-bond donors (Lipinski definition) is 0. The summed E-state index contributed by atoms with van der Waals surface area (Å²) in [5, 5.41) is 0. The zero-order valence-corrected chi connectivity index (χ0v) is 9.38. The van der Waals surface area contributed by atoms with E-state index < -0.39 is 0 Å². The summed E-state index contributed by atoms with van der Waals surface area (Å²) in [5.41, 5.74) is 0. The topological polar surface area (TPSA) is 70.8 Å². The molecule has 0 spiro atoms. The van der Waals surface area contributed by atoms with Crippen molar-refractivity contribution < 1.29 is 18.8 Å². The minimum absolute atomic E-state index is 0.0481. The van der Waals surface area contributed by atoms with Crippen molar-refractivity contribution in [2.45, 2.75) is 6.54 Å². The summed E-state index contributed by atoms with van der Waals surface area (Å²) in [4.78, 5) is 36.3. The van der Waals surface area contributed by atoms with Crippen LogP contribution in [0, 0.1) is 0 Å². The first kappa shape index (κ1) is 11.4. The van der Waals surface area contributed by atoms with E-state index in [-0.39, 0.29) is 37.2 Å². The van der Waals surface area contributed by atoms with Crippen molar-refractivity contribution in [3.05, 3.63) is 23.7 Å². The third-order valence-corrected chi connectivity index (χ3v) is 2.62. The second-order valence-corrected chi connectivity index (χ2v) is 3.92. The van der Waals surface area contributed by atoms with E-state index in [1.54, 1.807) is 13.1 Å². The fourth-order valence-corrected chi connectivity index (χ4v) is 1.64. The predicted octanol–water partition coefficient (Wildman–Crippen LogP) is -0.107. The van der Waals surface area contributed by atoms with Crippen LogP contribution < -0.4 is 0 Å². The Kier molecular flexibility index (Phi) is 2.95. The van der Waals surface area contributed by atoms with Crippen molar-refractivity contribution in [3.63, 3.8) is 0 Å². The quantitative estimate of drug-likeness (QED) is 0.687. The van der Waals surface area contributed by atoms with Crippen LogP contribution in [0.5, 0.6) is 0 Å². The van der Waals surface area contributed by atoms with E-state index in [9.17, 15) is 14.4 Å². The molecule has 6 nitrogen and oxygen atoms in total. The normalized spacial score (nSPS) is 16.5. The monoisotopic (exact) mass is 236 g/mol. The van der Waals surface area contributed by atoms with Crippen LogP contribution in [0.3, 0.4) is 0 Å². The summed E-state index contributed by atoms with van der Waals surface area (Å²) in [5.74, 6) is 0.480. The molecule has 0 N–H and O–H groups in total. The second-order valence-electron chi connectivity index (χ2n) is 3.92. The Morgan fingerprint density at radius 3 is 2.71 bits per heavy atom. The number of hydrogen-bond acceptors (Lipinski definition) is 4. The summed E-state index contributed by atoms with van der Waals surface area (Å²) in [6.07, 6.45) is 0.598. The van der Waals surface area contributed by atoms with E-state index in [1.165, 1.54) is 15.9 Å². The largest absolute Gasteiger partial charge is 0.456 e. The molecule has 1 aromatic rings. The number of likely N-dealkylation sites (N-methyl/N-ethyl adjacent to an activating group) is 1. The molecule has 1 aromatic heterocycles. The maximum atomic E-state index is 11.7. The van der Waals surface area contributed by atoms with Gasteiger partial charge in [0.05, 0.1) is 13.1 Å². The molecule has 1 aliphatic heterocycles. The van der Waals surface area contributed by atoms with Crippen LogP contribution in [0.4, 0.5) is 0 Å². The van der Waals surface area contributed by atoms with Crippen molar-refractivity contribution in [1.29, 1.82) is 0 Å². The third-order valence-electron chi connectivity index (χ3n) is 2.62. The first-order valence-corrected chi connectivity index (χ1v) is 5.16. The highest BCUT2D eigenvalue weighted by Crippen LogP contribution is 2.12. The molecule has 0 aromatic carbocycles. The maximum Gasteiger partial charge on any atom is 0.243 e. The van der Waals surface area contributed by atoms with Crippen LogP contribution >= 0.6 is 0 Å². The predicted molar refractivity (Wildman–Crippen MR) is 57.1 cm³/mol. The molecule has 1 saturated heterocycles. The molecular weight excluding hydrogens is 224 g/mol. The van der Waals surface area contributed by atoms with Gasteiger partial charge in [-0.1, -0.05) is 0 Å². The number of aldehydes is 1. The van der Waals surface area contributed by atoms with E-state index >= 15 is 0 Å². The van der Waals surface area contributed by atoms with Crippen molar-refractivity contribution in [2.24, 2.45) is 0 Å². The fourth-order valence-electron chi connectivity index (χ4n) is 1.64. The van der Waals surface area contributed by atoms with Gasteiger partial charge in [0.2, 0.25) is 11.8 Å². The molecule has 6 heteroatoms. The molecule has 0 radical (unpaired) electrons. The van der Waals surface area contributed by atoms with Crippen molar-refractivity contribution in [2.75, 3.05) is 20.1 Å². The van der Waals surface area contributed by atoms with Gasteiger partial charge in [0.1, 0.15) is 12.3 Å². The van der Waals surface area contributed by atoms with E-state index in [0.717, 1.165) is 0 Å². The van der Waals surface area contributed by atoms with E-state index in [1.807, 2.05) is 0 Å². The van der Waals surface area contributed by atoms with Crippen molar-refractivity contribution in [1.82, 2.24) is 9.80 Å². The van der Waals surface area contributed by atoms with Crippen LogP contribution in [-0.4, -0.2) is 48.0 Å². The smallest absolute Gasteiger partial charge is 0.243 e. The summed E-state index contributed by atoms with van der Waals surface area (Å²) in [7, 11) is 1.59. The Bertz CT molecular complexity index is 466. The lowest BCUT2D eigenvalue weighted by molar-refractivity contribution is -0.149. The average molecular weight is 236 g/mol. The highest BCUT2D eigenvalue weighted by atomic mass is 16.3. The van der Waals surface area contributed by atoms with Crippen LogP contribution in [0.1, 0.15) is 16.3 Å². The molecule has 1 fully saturated rings. The number of furan rings is 1. The van der Waals surface area contributed by atoms with Crippen molar-refractivity contribution in [3.8, 4) is 0 Å². The van der Waals surface area contributed by atoms with Crippen LogP contribution in [0.2, 0.25) is 0 Å². The summed E-state index contributed by atoms with van der Waals surface area (Å²) >= 11 is 0. The molecule has 0 atom stereocenters. The first-order chi connectivity index (χ1) is 8.10. The lowest BCUT2D eigenvalue weighted by Crippen LogP contribution is -2.51. The van der Waals surface area contributed by atoms with E-state index in [2.05, 4.69) is 0 Å². The second kappa shape index (κ2) is 4.40. The lowest BCUT2D eigenvalue weighted by atomic mass is 10.3. The number of rotatable bonds is 3. The van der Waals surface area contributed by atoms with Crippen LogP contribution in [-0.2, 0) is 16.1 Å². The molecule has 0 aliphatic carbocycles. The summed E-state index contributed by atoms with van der Waals surface area (Å²) in [6.45, 7) is 0.346. The van der Waals surface area contributed by atoms with Gasteiger partial charge in [0.25, 0.3) is 0 Å². The third kappa shape index (κ3) is 2.35. The zero-order valence-electron chi connectivity index (χ0n) is 9.38. The fraction of sp³-hybridized carbons (Fsp3) is 0.364. The molecular formula is C11H12N2O4. The molecule has 17 heavy (non-hydrogen) atoms. The Morgan fingerprint density at radius 2 is 2.06 bits per heavy atom. The van der Waals surface area contributed by atoms with E-state index in [0.29, 0.717) is 12.0 Å². The average Bonchev–Trinajstić information content (AvgIpc) is 2.73. The minimum Gasteiger partial charge on any atom is -0.456 e. The van der Waals surface area contributed by atoms with Gasteiger partial charge in [-0.05, 0) is 12.1 Å². The van der Waals surface area contributed by atoms with Gasteiger partial charge >= 0.3 is 0 Å². The minimum atomic E-state index is -0.129. The van der Waals surface area contributed by atoms with Crippen molar-refractivity contribution >= 4 is 18.1 Å². The van der Waals surface area contributed by atoms with Gasteiger partial charge < -0.3 is 14.2 Å². The number of carbonyl (C=O) groups is 3. The molecule has 1 aliphatic rings. The van der Waals surface area contributed by atoms with Gasteiger partial charge in [-0.25, -0.2) is 0 Å². The van der Waals surface area contributed by atoms with Gasteiger partial charge in [0, 0.05) is 7.05 Å². The molecule has 0 bridgehead atoms. The maximum absolute atomic E-state index is 11.7. The summed E-state index contributed by atoms with van der Waals surface area (Å²) in [6, 6.07) is 3.16. The molecule has 0 saturated carbocycles.